The van der Waals surface area contributed by atoms with Gasteiger partial charge in [-0.25, -0.2) is 0 Å². The van der Waals surface area contributed by atoms with Gasteiger partial charge in [-0.3, -0.25) is 4.90 Å². The SMILES string of the molecule is CCN1CCC[C@@H]1CNc1ccc2nnnn2n1. The van der Waals surface area contributed by atoms with E-state index in [0.29, 0.717) is 11.7 Å². The Balaban J connectivity index is 1.65. The lowest BCUT2D eigenvalue weighted by Crippen LogP contribution is -2.34. The number of nitrogens with zero attached hydrogens (tertiary/aromatic N) is 6. The third kappa shape index (κ3) is 2.13. The van der Waals surface area contributed by atoms with Gasteiger partial charge in [0.15, 0.2) is 5.65 Å². The summed E-state index contributed by atoms with van der Waals surface area (Å²) in [4.78, 5) is 2.50. The summed E-state index contributed by atoms with van der Waals surface area (Å²) >= 11 is 0. The van der Waals surface area contributed by atoms with Gasteiger partial charge in [0, 0.05) is 12.6 Å². The number of fused-ring (bicyclic) bond motifs is 1. The maximum Gasteiger partial charge on any atom is 0.200 e. The fraction of sp³-hybridized carbons (Fsp3) is 0.636. The molecule has 1 atom stereocenters. The van der Waals surface area contributed by atoms with Crippen molar-refractivity contribution in [3.63, 3.8) is 0 Å². The Morgan fingerprint density at radius 1 is 1.44 bits per heavy atom. The minimum Gasteiger partial charge on any atom is -0.367 e. The summed E-state index contributed by atoms with van der Waals surface area (Å²) in [5, 5.41) is 18.8. The molecule has 1 fully saturated rings. The topological polar surface area (TPSA) is 71.2 Å². The molecule has 96 valence electrons. The molecule has 2 aromatic rings. The lowest BCUT2D eigenvalue weighted by atomic mass is 10.2. The predicted molar refractivity (Wildman–Crippen MR) is 67.3 cm³/mol. The highest BCUT2D eigenvalue weighted by Crippen LogP contribution is 2.16. The molecule has 0 unspecified atom stereocenters. The van der Waals surface area contributed by atoms with Crippen molar-refractivity contribution < 1.29 is 0 Å². The molecule has 2 aromatic heterocycles. The van der Waals surface area contributed by atoms with E-state index in [-0.39, 0.29) is 0 Å². The van der Waals surface area contributed by atoms with Gasteiger partial charge in [-0.15, -0.1) is 14.8 Å². The molecule has 1 saturated heterocycles. The van der Waals surface area contributed by atoms with Crippen LogP contribution in [-0.2, 0) is 0 Å². The van der Waals surface area contributed by atoms with Crippen LogP contribution in [0.4, 0.5) is 5.82 Å². The van der Waals surface area contributed by atoms with Crippen LogP contribution in [0.25, 0.3) is 5.65 Å². The number of aromatic nitrogens is 5. The Morgan fingerprint density at radius 3 is 3.28 bits per heavy atom. The van der Waals surface area contributed by atoms with Crippen molar-refractivity contribution in [1.29, 1.82) is 0 Å². The molecule has 7 heteroatoms. The number of nitrogens with one attached hydrogen (secondary N) is 1. The molecular formula is C11H17N7. The number of hydrogen-bond acceptors (Lipinski definition) is 6. The van der Waals surface area contributed by atoms with Crippen LogP contribution in [0.15, 0.2) is 12.1 Å². The zero-order valence-electron chi connectivity index (χ0n) is 10.5. The van der Waals surface area contributed by atoms with E-state index >= 15 is 0 Å². The lowest BCUT2D eigenvalue weighted by Gasteiger charge is -2.22. The van der Waals surface area contributed by atoms with E-state index in [4.69, 9.17) is 0 Å². The molecule has 18 heavy (non-hydrogen) atoms. The predicted octanol–water partition coefficient (Wildman–Crippen LogP) is 0.415. The van der Waals surface area contributed by atoms with Gasteiger partial charge in [0.2, 0.25) is 0 Å². The van der Waals surface area contributed by atoms with Gasteiger partial charge in [-0.1, -0.05) is 6.92 Å². The molecule has 1 aliphatic heterocycles. The number of hydrogen-bond donors (Lipinski definition) is 1. The highest BCUT2D eigenvalue weighted by Gasteiger charge is 2.22. The van der Waals surface area contributed by atoms with Gasteiger partial charge in [-0.05, 0) is 48.5 Å². The van der Waals surface area contributed by atoms with Crippen LogP contribution in [0.2, 0.25) is 0 Å². The average molecular weight is 247 g/mol. The summed E-state index contributed by atoms with van der Waals surface area (Å²) in [7, 11) is 0. The Hall–Kier alpha value is -1.76. The highest BCUT2D eigenvalue weighted by atomic mass is 15.6. The summed E-state index contributed by atoms with van der Waals surface area (Å²) < 4.78 is 1.44. The molecule has 0 bridgehead atoms. The second kappa shape index (κ2) is 4.85. The third-order valence-corrected chi connectivity index (χ3v) is 3.49. The summed E-state index contributed by atoms with van der Waals surface area (Å²) in [5.74, 6) is 0.817. The van der Waals surface area contributed by atoms with Gasteiger partial charge >= 0.3 is 0 Å². The van der Waals surface area contributed by atoms with E-state index in [1.807, 2.05) is 12.1 Å². The zero-order valence-corrected chi connectivity index (χ0v) is 10.5. The van der Waals surface area contributed by atoms with E-state index in [1.165, 1.54) is 24.0 Å². The quantitative estimate of drug-likeness (QED) is 0.844. The van der Waals surface area contributed by atoms with Crippen molar-refractivity contribution in [2.45, 2.75) is 25.8 Å². The van der Waals surface area contributed by atoms with Crippen LogP contribution < -0.4 is 5.32 Å². The van der Waals surface area contributed by atoms with Gasteiger partial charge in [-0.2, -0.15) is 0 Å². The maximum atomic E-state index is 4.30. The summed E-state index contributed by atoms with van der Waals surface area (Å²) in [6, 6.07) is 4.39. The number of rotatable bonds is 4. The van der Waals surface area contributed by atoms with E-state index in [1.54, 1.807) is 0 Å². The third-order valence-electron chi connectivity index (χ3n) is 3.49. The maximum absolute atomic E-state index is 4.30. The molecule has 1 N–H and O–H groups in total. The first kappa shape index (κ1) is 11.3. The van der Waals surface area contributed by atoms with Crippen LogP contribution in [0.3, 0.4) is 0 Å². The first-order valence-electron chi connectivity index (χ1n) is 6.40. The molecule has 0 aliphatic carbocycles. The van der Waals surface area contributed by atoms with Crippen LogP contribution in [-0.4, -0.2) is 55.8 Å². The number of tetrazole rings is 1. The largest absolute Gasteiger partial charge is 0.367 e. The van der Waals surface area contributed by atoms with Gasteiger partial charge < -0.3 is 5.32 Å². The number of likely N-dealkylation sites (tertiary alicyclic amines) is 1. The molecule has 0 amide bonds. The van der Waals surface area contributed by atoms with Gasteiger partial charge in [0.1, 0.15) is 5.82 Å². The second-order valence-corrected chi connectivity index (χ2v) is 4.55. The van der Waals surface area contributed by atoms with E-state index in [0.717, 1.165) is 18.9 Å². The second-order valence-electron chi connectivity index (χ2n) is 4.55. The minimum absolute atomic E-state index is 0.612. The molecule has 0 saturated carbocycles. The summed E-state index contributed by atoms with van der Waals surface area (Å²) in [5.41, 5.74) is 0.664. The minimum atomic E-state index is 0.612. The van der Waals surface area contributed by atoms with Gasteiger partial charge in [0.05, 0.1) is 0 Å². The lowest BCUT2D eigenvalue weighted by molar-refractivity contribution is 0.277. The molecule has 3 rings (SSSR count). The van der Waals surface area contributed by atoms with Crippen LogP contribution in [0, 0.1) is 0 Å². The Bertz CT molecular complexity index is 523. The van der Waals surface area contributed by atoms with Crippen molar-refractivity contribution in [2.24, 2.45) is 0 Å². The molecule has 0 spiro atoms. The number of anilines is 1. The molecular weight excluding hydrogens is 230 g/mol. The van der Waals surface area contributed by atoms with Crippen molar-refractivity contribution in [3.05, 3.63) is 12.1 Å². The fourth-order valence-electron chi connectivity index (χ4n) is 2.51. The standard InChI is InChI=1S/C11H17N7/c1-2-17-7-3-4-9(17)8-12-10-5-6-11-13-15-16-18(11)14-10/h5-6,9H,2-4,7-8H2,1H3,(H,12,14)/t9-/m1/s1. The van der Waals surface area contributed by atoms with Crippen LogP contribution >= 0.6 is 0 Å². The molecule has 7 nitrogen and oxygen atoms in total. The highest BCUT2D eigenvalue weighted by molar-refractivity contribution is 5.42. The number of likely N-dealkylation sites (N-methyl/N-ethyl adjacent to an activating group) is 1. The summed E-state index contributed by atoms with van der Waals surface area (Å²) in [6.45, 7) is 5.46. The Kier molecular flexibility index (Phi) is 3.06. The van der Waals surface area contributed by atoms with E-state index < -0.39 is 0 Å². The fourth-order valence-corrected chi connectivity index (χ4v) is 2.51. The normalized spacial score (nSPS) is 20.6. The molecule has 0 aromatic carbocycles. The van der Waals surface area contributed by atoms with E-state index in [9.17, 15) is 0 Å². The van der Waals surface area contributed by atoms with Crippen molar-refractivity contribution >= 4 is 11.5 Å². The molecule has 1 aliphatic rings. The van der Waals surface area contributed by atoms with Crippen molar-refractivity contribution in [2.75, 3.05) is 25.0 Å². The smallest absolute Gasteiger partial charge is 0.200 e. The van der Waals surface area contributed by atoms with Gasteiger partial charge in [0.25, 0.3) is 0 Å². The zero-order chi connectivity index (χ0) is 12.4. The average Bonchev–Trinajstić information content (AvgIpc) is 3.04. The monoisotopic (exact) mass is 247 g/mol. The summed E-state index contributed by atoms with van der Waals surface area (Å²) in [6.07, 6.45) is 2.55. The van der Waals surface area contributed by atoms with Crippen LogP contribution in [0.1, 0.15) is 19.8 Å². The van der Waals surface area contributed by atoms with Crippen molar-refractivity contribution in [3.8, 4) is 0 Å². The molecule has 3 heterocycles. The van der Waals surface area contributed by atoms with E-state index in [2.05, 4.69) is 37.8 Å². The first-order valence-corrected chi connectivity index (χ1v) is 6.40. The molecule has 0 radical (unpaired) electrons. The first-order chi connectivity index (χ1) is 8.86. The van der Waals surface area contributed by atoms with Crippen molar-refractivity contribution in [1.82, 2.24) is 30.2 Å². The van der Waals surface area contributed by atoms with Crippen LogP contribution in [0.5, 0.6) is 0 Å². The Morgan fingerprint density at radius 2 is 2.39 bits per heavy atom. The Labute approximate surface area is 105 Å².